The first-order valence-corrected chi connectivity index (χ1v) is 18.0. The van der Waals surface area contributed by atoms with E-state index in [-0.39, 0.29) is 5.41 Å². The molecule has 4 heteroatoms. The highest BCUT2D eigenvalue weighted by atomic mass is 16.3. The van der Waals surface area contributed by atoms with E-state index >= 15 is 0 Å². The van der Waals surface area contributed by atoms with Crippen LogP contribution in [0.4, 0.5) is 0 Å². The smallest absolute Gasteiger partial charge is 0.161 e. The molecular weight excluding hydrogens is 635 g/mol. The van der Waals surface area contributed by atoms with E-state index in [0.29, 0.717) is 5.82 Å². The van der Waals surface area contributed by atoms with Gasteiger partial charge in [-0.15, -0.1) is 0 Å². The molecule has 0 N–H and O–H groups in total. The van der Waals surface area contributed by atoms with Crippen LogP contribution in [0.2, 0.25) is 0 Å². The van der Waals surface area contributed by atoms with Gasteiger partial charge in [0.15, 0.2) is 11.4 Å². The fraction of sp³-hybridized carbons (Fsp3) is 0.104. The fourth-order valence-electron chi connectivity index (χ4n) is 8.12. The average Bonchev–Trinajstić information content (AvgIpc) is 3.70. The summed E-state index contributed by atoms with van der Waals surface area (Å²) >= 11 is 0. The van der Waals surface area contributed by atoms with Crippen molar-refractivity contribution in [1.29, 1.82) is 0 Å². The third-order valence-electron chi connectivity index (χ3n) is 10.8. The maximum absolute atomic E-state index is 6.60. The summed E-state index contributed by atoms with van der Waals surface area (Å²) in [4.78, 5) is 15.3. The second-order valence-corrected chi connectivity index (χ2v) is 14.3. The molecule has 0 saturated heterocycles. The summed E-state index contributed by atoms with van der Waals surface area (Å²) in [6.07, 6.45) is 8.11. The highest BCUT2D eigenvalue weighted by Gasteiger charge is 2.35. The number of allylic oxidation sites excluding steroid dienone is 1. The third kappa shape index (κ3) is 4.94. The molecule has 2 aliphatic rings. The van der Waals surface area contributed by atoms with Crippen LogP contribution in [0.15, 0.2) is 150 Å². The zero-order chi connectivity index (χ0) is 34.8. The lowest BCUT2D eigenvalue weighted by Crippen LogP contribution is -2.14. The lowest BCUT2D eigenvalue weighted by Gasteiger charge is -2.21. The van der Waals surface area contributed by atoms with E-state index in [1.54, 1.807) is 0 Å². The van der Waals surface area contributed by atoms with Crippen LogP contribution in [0.1, 0.15) is 42.7 Å². The summed E-state index contributed by atoms with van der Waals surface area (Å²) in [6.45, 7) is 4.65. The van der Waals surface area contributed by atoms with Crippen molar-refractivity contribution in [3.63, 3.8) is 0 Å². The number of aromatic nitrogens is 3. The van der Waals surface area contributed by atoms with Crippen molar-refractivity contribution < 1.29 is 4.42 Å². The summed E-state index contributed by atoms with van der Waals surface area (Å²) in [6, 6.07) is 47.3. The Hall–Kier alpha value is -6.39. The van der Waals surface area contributed by atoms with E-state index < -0.39 is 0 Å². The fourth-order valence-corrected chi connectivity index (χ4v) is 8.12. The van der Waals surface area contributed by atoms with Gasteiger partial charge in [-0.2, -0.15) is 0 Å². The number of hydrogen-bond donors (Lipinski definition) is 0. The van der Waals surface area contributed by atoms with Crippen LogP contribution in [0, 0.1) is 0 Å². The molecule has 3 aromatic heterocycles. The van der Waals surface area contributed by atoms with Gasteiger partial charge in [-0.1, -0.05) is 123 Å². The van der Waals surface area contributed by atoms with E-state index in [0.717, 1.165) is 85.6 Å². The van der Waals surface area contributed by atoms with Crippen molar-refractivity contribution >= 4 is 17.2 Å². The summed E-state index contributed by atoms with van der Waals surface area (Å²) in [5.41, 5.74) is 17.1. The Balaban J connectivity index is 1.22. The molecule has 0 amide bonds. The van der Waals surface area contributed by atoms with Gasteiger partial charge in [0, 0.05) is 45.8 Å². The number of pyridine rings is 1. The van der Waals surface area contributed by atoms with Gasteiger partial charge in [0.1, 0.15) is 11.3 Å². The average molecular weight is 670 g/mol. The molecule has 0 atom stereocenters. The minimum absolute atomic E-state index is 0.0630. The summed E-state index contributed by atoms with van der Waals surface area (Å²) in [5, 5.41) is 0. The van der Waals surface area contributed by atoms with Crippen LogP contribution in [-0.2, 0) is 11.8 Å². The van der Waals surface area contributed by atoms with Crippen LogP contribution < -0.4 is 0 Å². The van der Waals surface area contributed by atoms with Gasteiger partial charge < -0.3 is 4.42 Å². The molecule has 0 bridgehead atoms. The molecule has 5 aromatic carbocycles. The first-order valence-electron chi connectivity index (χ1n) is 18.0. The molecule has 52 heavy (non-hydrogen) atoms. The van der Waals surface area contributed by atoms with Gasteiger partial charge >= 0.3 is 0 Å². The Morgan fingerprint density at radius 3 is 2.00 bits per heavy atom. The Labute approximate surface area is 303 Å². The van der Waals surface area contributed by atoms with Gasteiger partial charge in [0.25, 0.3) is 0 Å². The highest BCUT2D eigenvalue weighted by molar-refractivity contribution is 5.97. The van der Waals surface area contributed by atoms with Crippen molar-refractivity contribution in [2.75, 3.05) is 0 Å². The largest absolute Gasteiger partial charge is 0.458 e. The quantitative estimate of drug-likeness (QED) is 0.183. The molecule has 0 saturated carbocycles. The Morgan fingerprint density at radius 1 is 0.558 bits per heavy atom. The van der Waals surface area contributed by atoms with Gasteiger partial charge in [0.2, 0.25) is 0 Å². The van der Waals surface area contributed by atoms with E-state index in [4.69, 9.17) is 19.4 Å². The second-order valence-electron chi connectivity index (χ2n) is 14.3. The van der Waals surface area contributed by atoms with Crippen molar-refractivity contribution in [3.05, 3.63) is 168 Å². The molecule has 3 heterocycles. The van der Waals surface area contributed by atoms with Crippen LogP contribution >= 0.6 is 0 Å². The Bertz CT molecular complexity index is 2650. The first-order chi connectivity index (χ1) is 25.5. The van der Waals surface area contributed by atoms with Crippen molar-refractivity contribution in [2.24, 2.45) is 0 Å². The van der Waals surface area contributed by atoms with E-state index in [1.807, 2.05) is 18.3 Å². The van der Waals surface area contributed by atoms with E-state index in [2.05, 4.69) is 147 Å². The van der Waals surface area contributed by atoms with Crippen molar-refractivity contribution in [3.8, 4) is 67.3 Å². The number of fused-ring (bicyclic) bond motifs is 6. The minimum Gasteiger partial charge on any atom is -0.458 e. The summed E-state index contributed by atoms with van der Waals surface area (Å²) in [5.74, 6) is 1.67. The molecule has 2 aliphatic carbocycles. The summed E-state index contributed by atoms with van der Waals surface area (Å²) < 4.78 is 6.60. The minimum atomic E-state index is -0.0630. The van der Waals surface area contributed by atoms with E-state index in [1.165, 1.54) is 22.3 Å². The Morgan fingerprint density at radius 2 is 1.23 bits per heavy atom. The number of rotatable bonds is 5. The molecule has 4 nitrogen and oxygen atoms in total. The second kappa shape index (κ2) is 11.9. The number of hydrogen-bond acceptors (Lipinski definition) is 4. The van der Waals surface area contributed by atoms with Crippen molar-refractivity contribution in [2.45, 2.75) is 32.1 Å². The van der Waals surface area contributed by atoms with Crippen molar-refractivity contribution in [1.82, 2.24) is 15.0 Å². The van der Waals surface area contributed by atoms with Gasteiger partial charge in [-0.3, -0.25) is 4.98 Å². The maximum atomic E-state index is 6.60. The van der Waals surface area contributed by atoms with Gasteiger partial charge in [0.05, 0.1) is 11.4 Å². The molecule has 0 spiro atoms. The van der Waals surface area contributed by atoms with Crippen LogP contribution in [-0.4, -0.2) is 15.0 Å². The predicted molar refractivity (Wildman–Crippen MR) is 212 cm³/mol. The topological polar surface area (TPSA) is 51.8 Å². The van der Waals surface area contributed by atoms with Gasteiger partial charge in [-0.05, 0) is 81.8 Å². The number of benzene rings is 5. The SMILES string of the molecule is CC1(C)c2ccccc2-c2cc(-c3cc(-c4nc(-c5ccccc5)cc(-c5ccccc5)n4)cc(-c4ccnc5c6c(oc45)CCC=C6)c3)ccc21. The molecule has 0 radical (unpaired) electrons. The monoisotopic (exact) mass is 669 g/mol. The lowest BCUT2D eigenvalue weighted by molar-refractivity contribution is 0.547. The number of furan rings is 1. The molecule has 0 unspecified atom stereocenters. The number of aryl methyl sites for hydroxylation is 1. The molecule has 10 rings (SSSR count). The molecule has 248 valence electrons. The van der Waals surface area contributed by atoms with Gasteiger partial charge in [-0.25, -0.2) is 9.97 Å². The predicted octanol–water partition coefficient (Wildman–Crippen LogP) is 12.2. The zero-order valence-electron chi connectivity index (χ0n) is 29.1. The standard InChI is InChI=1S/C48H35N3O/c1-48(2)40-19-11-9-17-37(40)39-28-32(21-22-41(39)48)33-25-34(36-23-24-49-45-38-18-10-12-20-44(38)52-46(36)45)27-35(26-33)47-50-42(30-13-5-3-6-14-30)29-43(51-47)31-15-7-4-8-16-31/h3-11,13-19,21-29H,12,20H2,1-2H3. The molecule has 0 aliphatic heterocycles. The third-order valence-corrected chi connectivity index (χ3v) is 10.8. The van der Waals surface area contributed by atoms with Crippen LogP contribution in [0.5, 0.6) is 0 Å². The Kier molecular flexibility index (Phi) is 6.94. The molecule has 8 aromatic rings. The lowest BCUT2D eigenvalue weighted by atomic mass is 9.82. The van der Waals surface area contributed by atoms with Crippen LogP contribution in [0.25, 0.3) is 84.5 Å². The normalized spacial score (nSPS) is 13.9. The maximum Gasteiger partial charge on any atom is 0.161 e. The number of nitrogens with zero attached hydrogens (tertiary/aromatic N) is 3. The first kappa shape index (κ1) is 30.4. The molecule has 0 fully saturated rings. The highest BCUT2D eigenvalue weighted by Crippen LogP contribution is 2.50. The van der Waals surface area contributed by atoms with E-state index in [9.17, 15) is 0 Å². The zero-order valence-corrected chi connectivity index (χ0v) is 29.1. The van der Waals surface area contributed by atoms with Crippen LogP contribution in [0.3, 0.4) is 0 Å². The molecular formula is C48H35N3O. The summed E-state index contributed by atoms with van der Waals surface area (Å²) in [7, 11) is 0.